The highest BCUT2D eigenvalue weighted by molar-refractivity contribution is 5.52. The maximum Gasteiger partial charge on any atom is 0.153 e. The van der Waals surface area contributed by atoms with Crippen LogP contribution in [0.15, 0.2) is 12.1 Å². The fourth-order valence-electron chi connectivity index (χ4n) is 3.03. The Balaban J connectivity index is 1.68. The Hall–Kier alpha value is -1.40. The third-order valence-corrected chi connectivity index (χ3v) is 4.75. The van der Waals surface area contributed by atoms with Gasteiger partial charge in [0.2, 0.25) is 0 Å². The van der Waals surface area contributed by atoms with Crippen LogP contribution in [0.2, 0.25) is 0 Å². The molecule has 0 saturated carbocycles. The lowest BCUT2D eigenvalue weighted by molar-refractivity contribution is -0.0798. The van der Waals surface area contributed by atoms with Gasteiger partial charge in [-0.1, -0.05) is 6.92 Å². The van der Waals surface area contributed by atoms with E-state index in [1.54, 1.807) is 4.90 Å². The normalized spacial score (nSPS) is 21.1. The molecule has 23 heavy (non-hydrogen) atoms. The monoisotopic (exact) mass is 326 g/mol. The molecule has 2 saturated heterocycles. The molecular formula is C17H24F2N2O2. The van der Waals surface area contributed by atoms with Gasteiger partial charge in [0.1, 0.15) is 17.5 Å². The van der Waals surface area contributed by atoms with Crippen molar-refractivity contribution >= 4 is 5.69 Å². The van der Waals surface area contributed by atoms with Gasteiger partial charge in [0.15, 0.2) is 11.6 Å². The summed E-state index contributed by atoms with van der Waals surface area (Å²) in [5, 5.41) is 0. The Labute approximate surface area is 136 Å². The SMILES string of the molecule is CCC(C)N1CCN(c2c(F)cc(OC3COC3)cc2F)CC1. The third-order valence-electron chi connectivity index (χ3n) is 4.75. The minimum Gasteiger partial charge on any atom is -0.485 e. The molecule has 0 aromatic heterocycles. The average Bonchev–Trinajstić information content (AvgIpc) is 2.50. The molecule has 0 aliphatic carbocycles. The Morgan fingerprint density at radius 3 is 2.26 bits per heavy atom. The lowest BCUT2D eigenvalue weighted by Gasteiger charge is -2.39. The van der Waals surface area contributed by atoms with E-state index in [0.717, 1.165) is 19.5 Å². The number of benzene rings is 1. The minimum absolute atomic E-state index is 0.0611. The highest BCUT2D eigenvalue weighted by Gasteiger charge is 2.26. The Morgan fingerprint density at radius 1 is 1.17 bits per heavy atom. The summed E-state index contributed by atoms with van der Waals surface area (Å²) in [4.78, 5) is 4.15. The standard InChI is InChI=1S/C17H24F2N2O2/c1-3-12(2)20-4-6-21(7-5-20)17-15(18)8-13(9-16(17)19)23-14-10-22-11-14/h8-9,12,14H,3-7,10-11H2,1-2H3. The molecule has 0 bridgehead atoms. The van der Waals surface area contributed by atoms with Crippen LogP contribution in [-0.4, -0.2) is 56.4 Å². The molecule has 1 unspecified atom stereocenters. The molecular weight excluding hydrogens is 302 g/mol. The second-order valence-corrected chi connectivity index (χ2v) is 6.29. The molecule has 3 rings (SSSR count). The van der Waals surface area contributed by atoms with E-state index in [4.69, 9.17) is 9.47 Å². The summed E-state index contributed by atoms with van der Waals surface area (Å²) in [6, 6.07) is 3.06. The molecule has 2 fully saturated rings. The number of rotatable bonds is 5. The Bertz CT molecular complexity index is 520. The van der Waals surface area contributed by atoms with Crippen molar-refractivity contribution in [2.24, 2.45) is 0 Å². The number of ether oxygens (including phenoxy) is 2. The van der Waals surface area contributed by atoms with Gasteiger partial charge in [-0.15, -0.1) is 0 Å². The topological polar surface area (TPSA) is 24.9 Å². The van der Waals surface area contributed by atoms with Crippen molar-refractivity contribution in [3.8, 4) is 5.75 Å². The van der Waals surface area contributed by atoms with E-state index >= 15 is 0 Å². The molecule has 0 radical (unpaired) electrons. The number of anilines is 1. The molecule has 1 atom stereocenters. The lowest BCUT2D eigenvalue weighted by Crippen LogP contribution is -2.50. The molecule has 6 heteroatoms. The first-order valence-corrected chi connectivity index (χ1v) is 8.31. The molecule has 2 heterocycles. The van der Waals surface area contributed by atoms with Crippen LogP contribution in [0, 0.1) is 11.6 Å². The average molecular weight is 326 g/mol. The molecule has 0 spiro atoms. The van der Waals surface area contributed by atoms with E-state index in [0.29, 0.717) is 32.3 Å². The summed E-state index contributed by atoms with van der Waals surface area (Å²) in [5.41, 5.74) is 0.0611. The number of hydrogen-bond acceptors (Lipinski definition) is 4. The van der Waals surface area contributed by atoms with E-state index in [2.05, 4.69) is 18.7 Å². The molecule has 1 aromatic rings. The van der Waals surface area contributed by atoms with E-state index in [9.17, 15) is 8.78 Å². The fraction of sp³-hybridized carbons (Fsp3) is 0.647. The first-order chi connectivity index (χ1) is 11.1. The maximum atomic E-state index is 14.4. The predicted molar refractivity (Wildman–Crippen MR) is 85.1 cm³/mol. The van der Waals surface area contributed by atoms with Gasteiger partial charge in [-0.2, -0.15) is 0 Å². The molecule has 2 aliphatic rings. The van der Waals surface area contributed by atoms with E-state index < -0.39 is 11.6 Å². The van der Waals surface area contributed by atoms with Gasteiger partial charge in [0.25, 0.3) is 0 Å². The Kier molecular flexibility index (Phi) is 5.02. The predicted octanol–water partition coefficient (Wildman–Crippen LogP) is 2.66. The van der Waals surface area contributed by atoms with Crippen LogP contribution >= 0.6 is 0 Å². The molecule has 0 amide bonds. The Morgan fingerprint density at radius 2 is 1.78 bits per heavy atom. The van der Waals surface area contributed by atoms with Crippen LogP contribution in [0.5, 0.6) is 5.75 Å². The molecule has 0 N–H and O–H groups in total. The fourth-order valence-corrected chi connectivity index (χ4v) is 3.03. The molecule has 1 aromatic carbocycles. The summed E-state index contributed by atoms with van der Waals surface area (Å²) in [5.74, 6) is -0.884. The third kappa shape index (κ3) is 3.58. The van der Waals surface area contributed by atoms with E-state index in [1.165, 1.54) is 12.1 Å². The van der Waals surface area contributed by atoms with Crippen LogP contribution in [0.25, 0.3) is 0 Å². The van der Waals surface area contributed by atoms with Crippen LogP contribution in [0.4, 0.5) is 14.5 Å². The lowest BCUT2D eigenvalue weighted by atomic mass is 10.1. The van der Waals surface area contributed by atoms with Gasteiger partial charge in [-0.25, -0.2) is 8.78 Å². The first kappa shape index (κ1) is 16.5. The van der Waals surface area contributed by atoms with Crippen LogP contribution < -0.4 is 9.64 Å². The zero-order chi connectivity index (χ0) is 16.4. The highest BCUT2D eigenvalue weighted by Crippen LogP contribution is 2.30. The quantitative estimate of drug-likeness (QED) is 0.830. The van der Waals surface area contributed by atoms with Crippen LogP contribution in [-0.2, 0) is 4.74 Å². The van der Waals surface area contributed by atoms with Crippen molar-refractivity contribution in [3.63, 3.8) is 0 Å². The summed E-state index contributed by atoms with van der Waals surface area (Å²) < 4.78 is 39.3. The van der Waals surface area contributed by atoms with Crippen molar-refractivity contribution in [3.05, 3.63) is 23.8 Å². The number of hydrogen-bond donors (Lipinski definition) is 0. The molecule has 128 valence electrons. The second kappa shape index (κ2) is 7.01. The van der Waals surface area contributed by atoms with Crippen molar-refractivity contribution in [2.45, 2.75) is 32.4 Å². The zero-order valence-electron chi connectivity index (χ0n) is 13.7. The van der Waals surface area contributed by atoms with Gasteiger partial charge in [0.05, 0.1) is 13.2 Å². The molecule has 4 nitrogen and oxygen atoms in total. The molecule has 2 aliphatic heterocycles. The maximum absolute atomic E-state index is 14.4. The number of halogens is 2. The summed E-state index contributed by atoms with van der Waals surface area (Å²) in [6.07, 6.45) is 0.985. The minimum atomic E-state index is -0.558. The zero-order valence-corrected chi connectivity index (χ0v) is 13.7. The van der Waals surface area contributed by atoms with E-state index in [-0.39, 0.29) is 17.5 Å². The van der Waals surface area contributed by atoms with Gasteiger partial charge < -0.3 is 14.4 Å². The van der Waals surface area contributed by atoms with E-state index in [1.807, 2.05) is 0 Å². The van der Waals surface area contributed by atoms with Crippen LogP contribution in [0.1, 0.15) is 20.3 Å². The second-order valence-electron chi connectivity index (χ2n) is 6.29. The number of piperazine rings is 1. The van der Waals surface area contributed by atoms with Gasteiger partial charge >= 0.3 is 0 Å². The van der Waals surface area contributed by atoms with Crippen molar-refractivity contribution in [2.75, 3.05) is 44.3 Å². The van der Waals surface area contributed by atoms with Crippen molar-refractivity contribution in [1.82, 2.24) is 4.90 Å². The van der Waals surface area contributed by atoms with Gasteiger partial charge in [-0.3, -0.25) is 4.90 Å². The van der Waals surface area contributed by atoms with Crippen molar-refractivity contribution in [1.29, 1.82) is 0 Å². The highest BCUT2D eigenvalue weighted by atomic mass is 19.1. The first-order valence-electron chi connectivity index (χ1n) is 8.31. The summed E-state index contributed by atoms with van der Waals surface area (Å²) in [6.45, 7) is 8.21. The van der Waals surface area contributed by atoms with Crippen molar-refractivity contribution < 1.29 is 18.3 Å². The summed E-state index contributed by atoms with van der Waals surface area (Å²) in [7, 11) is 0. The van der Waals surface area contributed by atoms with Crippen LogP contribution in [0.3, 0.4) is 0 Å². The summed E-state index contributed by atoms with van der Waals surface area (Å²) >= 11 is 0. The number of nitrogens with zero attached hydrogens (tertiary/aromatic N) is 2. The van der Waals surface area contributed by atoms with Gasteiger partial charge in [0, 0.05) is 44.4 Å². The largest absolute Gasteiger partial charge is 0.485 e. The smallest absolute Gasteiger partial charge is 0.153 e. The van der Waals surface area contributed by atoms with Gasteiger partial charge in [-0.05, 0) is 13.3 Å².